The molecule has 2 heterocycles. The molecule has 0 saturated carbocycles. The molecule has 0 radical (unpaired) electrons. The van der Waals surface area contributed by atoms with Crippen molar-refractivity contribution in [1.29, 1.82) is 0 Å². The minimum atomic E-state index is 0.403. The fourth-order valence-corrected chi connectivity index (χ4v) is 1.99. The average molecular weight is 243 g/mol. The average Bonchev–Trinajstić information content (AvgIpc) is 2.94. The lowest BCUT2D eigenvalue weighted by molar-refractivity contribution is 0.182. The summed E-state index contributed by atoms with van der Waals surface area (Å²) < 4.78 is 6.90. The molecule has 0 aliphatic heterocycles. The minimum absolute atomic E-state index is 0.403. The first-order valence-electron chi connectivity index (χ1n) is 5.57. The molecule has 0 aliphatic carbocycles. The summed E-state index contributed by atoms with van der Waals surface area (Å²) in [5.41, 5.74) is 8.31. The number of methoxy groups -OCH3 is 1. The summed E-state index contributed by atoms with van der Waals surface area (Å²) in [5, 5.41) is 12.3. The van der Waals surface area contributed by atoms with E-state index < -0.39 is 0 Å². The van der Waals surface area contributed by atoms with Crippen LogP contribution in [0.4, 0.5) is 5.82 Å². The molecular formula is C12H13N5O. The molecule has 1 aromatic carbocycles. The van der Waals surface area contributed by atoms with Crippen molar-refractivity contribution in [3.63, 3.8) is 0 Å². The van der Waals surface area contributed by atoms with Gasteiger partial charge in [0.1, 0.15) is 11.5 Å². The van der Waals surface area contributed by atoms with Gasteiger partial charge in [0.05, 0.1) is 17.7 Å². The van der Waals surface area contributed by atoms with E-state index in [1.54, 1.807) is 11.8 Å². The standard InChI is InChI=1S/C12H13N5O/c1-18-7-9-10-11(13)14-15-12(10)17(16-9)8-5-3-2-4-6-8/h2-6H,7H2,1H3,(H3,13,14,15). The number of hydrogen-bond acceptors (Lipinski definition) is 4. The smallest absolute Gasteiger partial charge is 0.186 e. The summed E-state index contributed by atoms with van der Waals surface area (Å²) in [6.45, 7) is 0.403. The maximum absolute atomic E-state index is 5.87. The fraction of sp³-hybridized carbons (Fsp3) is 0.167. The molecule has 18 heavy (non-hydrogen) atoms. The number of anilines is 1. The van der Waals surface area contributed by atoms with Gasteiger partial charge in [-0.15, -0.1) is 0 Å². The van der Waals surface area contributed by atoms with Crippen molar-refractivity contribution in [1.82, 2.24) is 20.0 Å². The zero-order chi connectivity index (χ0) is 12.5. The monoisotopic (exact) mass is 243 g/mol. The number of nitrogens with two attached hydrogens (primary N) is 1. The Morgan fingerprint density at radius 3 is 2.83 bits per heavy atom. The van der Waals surface area contributed by atoms with Gasteiger partial charge in [-0.1, -0.05) is 18.2 Å². The molecule has 0 aliphatic rings. The maximum Gasteiger partial charge on any atom is 0.186 e. The zero-order valence-electron chi connectivity index (χ0n) is 9.92. The number of benzene rings is 1. The van der Waals surface area contributed by atoms with Crippen molar-refractivity contribution in [3.8, 4) is 5.69 Å². The number of fused-ring (bicyclic) bond motifs is 1. The van der Waals surface area contributed by atoms with Crippen LogP contribution < -0.4 is 5.73 Å². The van der Waals surface area contributed by atoms with E-state index in [2.05, 4.69) is 15.3 Å². The van der Waals surface area contributed by atoms with E-state index in [4.69, 9.17) is 10.5 Å². The highest BCUT2D eigenvalue weighted by atomic mass is 16.5. The Morgan fingerprint density at radius 2 is 2.11 bits per heavy atom. The molecule has 0 bridgehead atoms. The predicted octanol–water partition coefficient (Wildman–Crippen LogP) is 1.48. The number of aromatic nitrogens is 4. The molecule has 6 nitrogen and oxygen atoms in total. The molecule has 0 unspecified atom stereocenters. The highest BCUT2D eigenvalue weighted by molar-refractivity contribution is 5.89. The Labute approximate surface area is 103 Å². The summed E-state index contributed by atoms with van der Waals surface area (Å²) in [7, 11) is 1.63. The second-order valence-electron chi connectivity index (χ2n) is 3.96. The minimum Gasteiger partial charge on any atom is -0.383 e. The van der Waals surface area contributed by atoms with E-state index >= 15 is 0 Å². The van der Waals surface area contributed by atoms with Crippen LogP contribution in [-0.2, 0) is 11.3 Å². The van der Waals surface area contributed by atoms with Crippen molar-refractivity contribution >= 4 is 16.9 Å². The number of aromatic amines is 1. The van der Waals surface area contributed by atoms with Crippen molar-refractivity contribution in [2.24, 2.45) is 0 Å². The summed E-state index contributed by atoms with van der Waals surface area (Å²) in [6.07, 6.45) is 0. The molecule has 6 heteroatoms. The molecule has 3 rings (SSSR count). The van der Waals surface area contributed by atoms with Gasteiger partial charge in [0.25, 0.3) is 0 Å². The van der Waals surface area contributed by atoms with Crippen LogP contribution in [0.15, 0.2) is 30.3 Å². The maximum atomic E-state index is 5.87. The molecule has 3 aromatic rings. The first-order valence-corrected chi connectivity index (χ1v) is 5.57. The van der Waals surface area contributed by atoms with E-state index in [9.17, 15) is 0 Å². The Hall–Kier alpha value is -2.34. The van der Waals surface area contributed by atoms with Crippen LogP contribution >= 0.6 is 0 Å². The molecule has 0 atom stereocenters. The lowest BCUT2D eigenvalue weighted by Crippen LogP contribution is -1.99. The van der Waals surface area contributed by atoms with E-state index in [1.165, 1.54) is 0 Å². The van der Waals surface area contributed by atoms with Gasteiger partial charge < -0.3 is 10.5 Å². The number of rotatable bonds is 3. The van der Waals surface area contributed by atoms with Gasteiger partial charge in [-0.25, -0.2) is 4.68 Å². The number of nitrogen functional groups attached to an aromatic ring is 1. The van der Waals surface area contributed by atoms with Crippen molar-refractivity contribution in [2.45, 2.75) is 6.61 Å². The molecule has 0 fully saturated rings. The number of ether oxygens (including phenoxy) is 1. The Balaban J connectivity index is 2.24. The van der Waals surface area contributed by atoms with Crippen LogP contribution in [0.5, 0.6) is 0 Å². The molecule has 2 aromatic heterocycles. The third-order valence-electron chi connectivity index (χ3n) is 2.77. The van der Waals surface area contributed by atoms with Crippen molar-refractivity contribution in [2.75, 3.05) is 12.8 Å². The second-order valence-corrected chi connectivity index (χ2v) is 3.96. The van der Waals surface area contributed by atoms with E-state index in [1.807, 2.05) is 30.3 Å². The lowest BCUT2D eigenvalue weighted by Gasteiger charge is -2.00. The van der Waals surface area contributed by atoms with Crippen molar-refractivity contribution < 1.29 is 4.74 Å². The Kier molecular flexibility index (Phi) is 2.49. The highest BCUT2D eigenvalue weighted by Gasteiger charge is 2.17. The topological polar surface area (TPSA) is 81.8 Å². The Morgan fingerprint density at radius 1 is 1.33 bits per heavy atom. The van der Waals surface area contributed by atoms with Gasteiger partial charge in [0, 0.05) is 7.11 Å². The second kappa shape index (κ2) is 4.15. The lowest BCUT2D eigenvalue weighted by atomic mass is 10.3. The van der Waals surface area contributed by atoms with Gasteiger partial charge in [0.15, 0.2) is 5.65 Å². The molecule has 92 valence electrons. The van der Waals surface area contributed by atoms with Gasteiger partial charge >= 0.3 is 0 Å². The van der Waals surface area contributed by atoms with Crippen LogP contribution in [0, 0.1) is 0 Å². The van der Waals surface area contributed by atoms with Crippen LogP contribution in [0.25, 0.3) is 16.7 Å². The normalized spacial score (nSPS) is 11.2. The first kappa shape index (κ1) is 10.8. The number of nitrogens with zero attached hydrogens (tertiary/aromatic N) is 3. The summed E-state index contributed by atoms with van der Waals surface area (Å²) in [4.78, 5) is 0. The first-order chi connectivity index (χ1) is 8.81. The third-order valence-corrected chi connectivity index (χ3v) is 2.77. The van der Waals surface area contributed by atoms with Gasteiger partial charge in [0.2, 0.25) is 0 Å². The van der Waals surface area contributed by atoms with E-state index in [0.717, 1.165) is 16.8 Å². The predicted molar refractivity (Wildman–Crippen MR) is 68.3 cm³/mol. The van der Waals surface area contributed by atoms with Gasteiger partial charge in [-0.05, 0) is 12.1 Å². The molecule has 3 N–H and O–H groups in total. The molecular weight excluding hydrogens is 230 g/mol. The summed E-state index contributed by atoms with van der Waals surface area (Å²) in [5.74, 6) is 0.513. The number of hydrogen-bond donors (Lipinski definition) is 2. The largest absolute Gasteiger partial charge is 0.383 e. The number of para-hydroxylation sites is 1. The Bertz CT molecular complexity index is 670. The summed E-state index contributed by atoms with van der Waals surface area (Å²) >= 11 is 0. The SMILES string of the molecule is COCc1nn(-c2ccccc2)c2n[nH]c(N)c12. The van der Waals surface area contributed by atoms with Gasteiger partial charge in [-0.3, -0.25) is 5.10 Å². The molecule has 0 amide bonds. The fourth-order valence-electron chi connectivity index (χ4n) is 1.99. The van der Waals surface area contributed by atoms with Crippen molar-refractivity contribution in [3.05, 3.63) is 36.0 Å². The molecule has 0 spiro atoms. The van der Waals surface area contributed by atoms with Crippen LogP contribution in [0.3, 0.4) is 0 Å². The van der Waals surface area contributed by atoms with Crippen LogP contribution in [-0.4, -0.2) is 27.1 Å². The van der Waals surface area contributed by atoms with Crippen LogP contribution in [0.2, 0.25) is 0 Å². The van der Waals surface area contributed by atoms with Crippen LogP contribution in [0.1, 0.15) is 5.69 Å². The van der Waals surface area contributed by atoms with Gasteiger partial charge in [-0.2, -0.15) is 10.2 Å². The zero-order valence-corrected chi connectivity index (χ0v) is 9.92. The number of H-pyrrole nitrogens is 1. The number of nitrogens with one attached hydrogen (secondary N) is 1. The quantitative estimate of drug-likeness (QED) is 0.730. The molecule has 0 saturated heterocycles. The third kappa shape index (κ3) is 1.54. The highest BCUT2D eigenvalue weighted by Crippen LogP contribution is 2.25. The van der Waals surface area contributed by atoms with E-state index in [0.29, 0.717) is 18.1 Å². The summed E-state index contributed by atoms with van der Waals surface area (Å²) in [6, 6.07) is 9.80. The van der Waals surface area contributed by atoms with E-state index in [-0.39, 0.29) is 0 Å².